The average Bonchev–Trinajstić information content (AvgIpc) is 3.41. The highest BCUT2D eigenvalue weighted by atomic mass is 32.2. The van der Waals surface area contributed by atoms with Crippen molar-refractivity contribution in [3.8, 4) is 6.07 Å². The number of thioether (sulfide) groups is 1. The molecule has 4 rings (SSSR count). The van der Waals surface area contributed by atoms with Crippen LogP contribution >= 0.6 is 11.8 Å². The lowest BCUT2D eigenvalue weighted by molar-refractivity contribution is -0.119. The third-order valence-corrected chi connectivity index (χ3v) is 6.27. The fourth-order valence-electron chi connectivity index (χ4n) is 3.67. The lowest BCUT2D eigenvalue weighted by Crippen LogP contribution is -2.44. The van der Waals surface area contributed by atoms with Crippen LogP contribution in [0, 0.1) is 18.3 Å². The van der Waals surface area contributed by atoms with Crippen molar-refractivity contribution in [2.45, 2.75) is 19.9 Å². The number of hydrogen-bond acceptors (Lipinski definition) is 8. The van der Waals surface area contributed by atoms with Crippen molar-refractivity contribution in [2.24, 2.45) is 0 Å². The van der Waals surface area contributed by atoms with Gasteiger partial charge < -0.3 is 15.3 Å². The molecule has 11 heteroatoms. The van der Waals surface area contributed by atoms with Crippen molar-refractivity contribution in [1.82, 2.24) is 14.9 Å². The summed E-state index contributed by atoms with van der Waals surface area (Å²) in [6.45, 7) is 4.42. The summed E-state index contributed by atoms with van der Waals surface area (Å²) >= 11 is 1.36. The minimum atomic E-state index is -1.15. The summed E-state index contributed by atoms with van der Waals surface area (Å²) in [5, 5.41) is 25.2. The third-order valence-electron chi connectivity index (χ3n) is 5.26. The van der Waals surface area contributed by atoms with Gasteiger partial charge in [-0.15, -0.1) is 11.8 Å². The third kappa shape index (κ3) is 3.80. The Balaban J connectivity index is 1.67. The number of nitrogens with one attached hydrogen (secondary N) is 2. The van der Waals surface area contributed by atoms with E-state index < -0.39 is 18.0 Å². The molecule has 0 radical (unpaired) electrons. The Morgan fingerprint density at radius 1 is 1.41 bits per heavy atom. The van der Waals surface area contributed by atoms with Gasteiger partial charge in [-0.05, 0) is 31.5 Å². The zero-order valence-corrected chi connectivity index (χ0v) is 18.3. The first kappa shape index (κ1) is 21.5. The zero-order chi connectivity index (χ0) is 22.8. The highest BCUT2D eigenvalue weighted by molar-refractivity contribution is 7.99. The molecule has 10 nitrogen and oxygen atoms in total. The first-order valence-corrected chi connectivity index (χ1v) is 11.1. The molecule has 0 bridgehead atoms. The Bertz CT molecular complexity index is 1160. The number of para-hydroxylation sites is 2. The van der Waals surface area contributed by atoms with E-state index in [0.29, 0.717) is 34.9 Å². The van der Waals surface area contributed by atoms with Crippen LogP contribution in [0.15, 0.2) is 36.3 Å². The van der Waals surface area contributed by atoms with Crippen LogP contribution in [-0.2, 0) is 4.79 Å². The van der Waals surface area contributed by atoms with Gasteiger partial charge in [0.15, 0.2) is 0 Å². The van der Waals surface area contributed by atoms with Gasteiger partial charge in [0.2, 0.25) is 5.95 Å². The molecule has 32 heavy (non-hydrogen) atoms. The first-order chi connectivity index (χ1) is 15.4. The van der Waals surface area contributed by atoms with Gasteiger partial charge in [-0.2, -0.15) is 5.26 Å². The fraction of sp³-hybridized carbons (Fsp3) is 0.286. The Morgan fingerprint density at radius 3 is 2.91 bits per heavy atom. The summed E-state index contributed by atoms with van der Waals surface area (Å²) in [5.41, 5.74) is 3.24. The molecule has 2 amide bonds. The number of benzene rings is 1. The normalized spacial score (nSPS) is 18.6. The zero-order valence-electron chi connectivity index (χ0n) is 17.5. The predicted molar refractivity (Wildman–Crippen MR) is 122 cm³/mol. The van der Waals surface area contributed by atoms with E-state index in [2.05, 4.69) is 26.7 Å². The van der Waals surface area contributed by atoms with Gasteiger partial charge >= 0.3 is 6.09 Å². The highest BCUT2D eigenvalue weighted by Gasteiger charge is 2.35. The monoisotopic (exact) mass is 451 g/mol. The van der Waals surface area contributed by atoms with Crippen molar-refractivity contribution in [2.75, 3.05) is 33.7 Å². The van der Waals surface area contributed by atoms with Gasteiger partial charge in [0, 0.05) is 18.5 Å². The number of carbonyl (C=O) groups is 2. The molecule has 164 valence electrons. The quantitative estimate of drug-likeness (QED) is 0.600. The van der Waals surface area contributed by atoms with Crippen LogP contribution in [0.1, 0.15) is 18.2 Å². The summed E-state index contributed by atoms with van der Waals surface area (Å²) in [4.78, 5) is 35.7. The van der Waals surface area contributed by atoms with E-state index in [1.54, 1.807) is 6.92 Å². The van der Waals surface area contributed by atoms with Crippen molar-refractivity contribution in [1.29, 1.82) is 5.26 Å². The van der Waals surface area contributed by atoms with Gasteiger partial charge in [-0.1, -0.05) is 12.1 Å². The fourth-order valence-corrected chi connectivity index (χ4v) is 4.82. The van der Waals surface area contributed by atoms with E-state index in [0.717, 1.165) is 16.3 Å². The summed E-state index contributed by atoms with van der Waals surface area (Å²) in [7, 11) is 0. The van der Waals surface area contributed by atoms with Crippen molar-refractivity contribution < 1.29 is 14.7 Å². The second-order valence-corrected chi connectivity index (χ2v) is 8.20. The molecule has 3 N–H and O–H groups in total. The number of hydrogen-bond donors (Lipinski definition) is 3. The van der Waals surface area contributed by atoms with Crippen LogP contribution < -0.4 is 15.5 Å². The smallest absolute Gasteiger partial charge is 0.408 e. The maximum Gasteiger partial charge on any atom is 0.408 e. The SMILES string of the molecule is CCN1/C(=C(\C#N)c2nc(NC(=O)[C@@H]3CSCN3C(=O)O)ncc2C)Nc2ccccc21. The van der Waals surface area contributed by atoms with Crippen molar-refractivity contribution in [3.05, 3.63) is 47.5 Å². The molecule has 0 saturated carbocycles. The number of fused-ring (bicyclic) bond motifs is 1. The lowest BCUT2D eigenvalue weighted by Gasteiger charge is -2.20. The summed E-state index contributed by atoms with van der Waals surface area (Å²) < 4.78 is 0. The molecule has 0 spiro atoms. The Labute approximate surface area is 188 Å². The number of carboxylic acid groups (broad SMARTS) is 1. The Kier molecular flexibility index (Phi) is 5.87. The summed E-state index contributed by atoms with van der Waals surface area (Å²) in [6, 6.07) is 9.18. The van der Waals surface area contributed by atoms with Gasteiger partial charge in [-0.3, -0.25) is 15.0 Å². The lowest BCUT2D eigenvalue weighted by atomic mass is 10.1. The number of allylic oxidation sites excluding steroid dienone is 1. The van der Waals surface area contributed by atoms with Crippen LogP contribution in [0.5, 0.6) is 0 Å². The van der Waals surface area contributed by atoms with Crippen molar-refractivity contribution in [3.63, 3.8) is 0 Å². The van der Waals surface area contributed by atoms with Gasteiger partial charge in [0.25, 0.3) is 5.91 Å². The second kappa shape index (κ2) is 8.76. The van der Waals surface area contributed by atoms with Crippen LogP contribution in [0.3, 0.4) is 0 Å². The average molecular weight is 452 g/mol. The summed E-state index contributed by atoms with van der Waals surface area (Å²) in [5.74, 6) is 0.721. The molecule has 1 aromatic heterocycles. The molecular formula is C21H21N7O3S. The van der Waals surface area contributed by atoms with Crippen molar-refractivity contribution >= 4 is 46.7 Å². The number of aryl methyl sites for hydroxylation is 1. The van der Waals surface area contributed by atoms with Gasteiger partial charge in [0.1, 0.15) is 23.5 Å². The molecule has 2 aliphatic heterocycles. The second-order valence-electron chi connectivity index (χ2n) is 7.20. The topological polar surface area (TPSA) is 134 Å². The predicted octanol–water partition coefficient (Wildman–Crippen LogP) is 2.92. The van der Waals surface area contributed by atoms with Crippen LogP contribution in [-0.4, -0.2) is 56.2 Å². The molecule has 3 heterocycles. The van der Waals surface area contributed by atoms with E-state index >= 15 is 0 Å². The molecule has 1 aromatic carbocycles. The van der Waals surface area contributed by atoms with Crippen LogP contribution in [0.25, 0.3) is 5.57 Å². The Morgan fingerprint density at radius 2 is 2.19 bits per heavy atom. The Hall–Kier alpha value is -3.78. The first-order valence-electron chi connectivity index (χ1n) is 9.94. The minimum Gasteiger partial charge on any atom is -0.465 e. The highest BCUT2D eigenvalue weighted by Crippen LogP contribution is 2.38. The number of nitriles is 1. The number of amides is 2. The molecule has 0 unspecified atom stereocenters. The number of aromatic nitrogens is 2. The molecule has 0 aliphatic carbocycles. The van der Waals surface area contributed by atoms with E-state index in [-0.39, 0.29) is 11.8 Å². The number of anilines is 3. The number of nitrogens with zero attached hydrogens (tertiary/aromatic N) is 5. The van der Waals surface area contributed by atoms with E-state index in [9.17, 15) is 20.0 Å². The van der Waals surface area contributed by atoms with E-state index in [1.165, 1.54) is 18.0 Å². The van der Waals surface area contributed by atoms with Gasteiger partial charge in [0.05, 0.1) is 22.9 Å². The molecule has 1 saturated heterocycles. The largest absolute Gasteiger partial charge is 0.465 e. The molecule has 1 fully saturated rings. The van der Waals surface area contributed by atoms with E-state index in [1.807, 2.05) is 36.1 Å². The minimum absolute atomic E-state index is 0.0183. The maximum absolute atomic E-state index is 12.7. The number of rotatable bonds is 4. The van der Waals surface area contributed by atoms with Gasteiger partial charge in [-0.25, -0.2) is 14.8 Å². The maximum atomic E-state index is 12.7. The molecule has 2 aliphatic rings. The summed E-state index contributed by atoms with van der Waals surface area (Å²) in [6.07, 6.45) is 0.385. The van der Waals surface area contributed by atoms with Crippen LogP contribution in [0.2, 0.25) is 0 Å². The molecule has 1 atom stereocenters. The molecule has 2 aromatic rings. The standard InChI is InChI=1S/C21H21N7O3S/c1-3-27-15-7-5-4-6-14(15)24-18(27)13(8-22)17-12(2)9-23-20(25-17)26-19(29)16-10-32-11-28(16)21(30)31/h4-7,9,16,24H,3,10-11H2,1-2H3,(H,30,31)(H,23,25,26,29)/b18-13+/t16-/m0/s1. The van der Waals surface area contributed by atoms with E-state index in [4.69, 9.17) is 0 Å². The number of carbonyl (C=O) groups excluding carboxylic acids is 1. The van der Waals surface area contributed by atoms with Crippen LogP contribution in [0.4, 0.5) is 22.1 Å². The molecular weight excluding hydrogens is 430 g/mol.